The standard InChI is InChI=1S/C14H17N3/c1-10(2)8-12-9-13(15)17-14(16-12)11-6-4-3-5-7-11/h3-7,9-10H,8H2,1-2H3,(H2,15,16,17). The second kappa shape index (κ2) is 4.95. The molecule has 0 radical (unpaired) electrons. The van der Waals surface area contributed by atoms with Crippen molar-refractivity contribution < 1.29 is 0 Å². The number of nitrogens with zero attached hydrogens (tertiary/aromatic N) is 2. The highest BCUT2D eigenvalue weighted by atomic mass is 14.9. The summed E-state index contributed by atoms with van der Waals surface area (Å²) in [5.41, 5.74) is 7.83. The largest absolute Gasteiger partial charge is 0.384 e. The highest BCUT2D eigenvalue weighted by Gasteiger charge is 2.06. The molecular weight excluding hydrogens is 210 g/mol. The molecule has 0 bridgehead atoms. The number of benzene rings is 1. The first-order valence-electron chi connectivity index (χ1n) is 5.84. The van der Waals surface area contributed by atoms with Gasteiger partial charge in [-0.15, -0.1) is 0 Å². The summed E-state index contributed by atoms with van der Waals surface area (Å²) in [7, 11) is 0. The molecule has 0 fully saturated rings. The summed E-state index contributed by atoms with van der Waals surface area (Å²) in [6.45, 7) is 4.33. The van der Waals surface area contributed by atoms with Gasteiger partial charge in [0.1, 0.15) is 5.82 Å². The normalized spacial score (nSPS) is 10.8. The SMILES string of the molecule is CC(C)Cc1cc(N)nc(-c2ccccc2)n1. The Bertz CT molecular complexity index is 492. The van der Waals surface area contributed by atoms with Crippen LogP contribution in [0.15, 0.2) is 36.4 Å². The van der Waals surface area contributed by atoms with Crippen LogP contribution in [0.2, 0.25) is 0 Å². The Hall–Kier alpha value is -1.90. The van der Waals surface area contributed by atoms with E-state index in [1.807, 2.05) is 36.4 Å². The highest BCUT2D eigenvalue weighted by molar-refractivity contribution is 5.56. The summed E-state index contributed by atoms with van der Waals surface area (Å²) in [4.78, 5) is 8.83. The quantitative estimate of drug-likeness (QED) is 0.877. The van der Waals surface area contributed by atoms with Crippen LogP contribution in [0.3, 0.4) is 0 Å². The molecule has 0 spiro atoms. The van der Waals surface area contributed by atoms with Gasteiger partial charge in [-0.2, -0.15) is 0 Å². The van der Waals surface area contributed by atoms with Gasteiger partial charge in [-0.1, -0.05) is 44.2 Å². The van der Waals surface area contributed by atoms with E-state index in [0.29, 0.717) is 17.6 Å². The molecule has 0 amide bonds. The fraction of sp³-hybridized carbons (Fsp3) is 0.286. The van der Waals surface area contributed by atoms with E-state index in [2.05, 4.69) is 23.8 Å². The number of hydrogen-bond acceptors (Lipinski definition) is 3. The van der Waals surface area contributed by atoms with Crippen LogP contribution >= 0.6 is 0 Å². The summed E-state index contributed by atoms with van der Waals surface area (Å²) < 4.78 is 0. The Labute approximate surface area is 102 Å². The first kappa shape index (κ1) is 11.6. The summed E-state index contributed by atoms with van der Waals surface area (Å²) >= 11 is 0. The second-order valence-electron chi connectivity index (χ2n) is 4.57. The molecule has 2 aromatic rings. The van der Waals surface area contributed by atoms with E-state index in [9.17, 15) is 0 Å². The maximum atomic E-state index is 5.82. The minimum Gasteiger partial charge on any atom is -0.384 e. The maximum Gasteiger partial charge on any atom is 0.161 e. The van der Waals surface area contributed by atoms with Gasteiger partial charge >= 0.3 is 0 Å². The zero-order chi connectivity index (χ0) is 12.3. The van der Waals surface area contributed by atoms with E-state index in [1.165, 1.54) is 0 Å². The third-order valence-electron chi connectivity index (χ3n) is 2.45. The van der Waals surface area contributed by atoms with Crippen molar-refractivity contribution in [3.63, 3.8) is 0 Å². The monoisotopic (exact) mass is 227 g/mol. The van der Waals surface area contributed by atoms with E-state index in [0.717, 1.165) is 17.7 Å². The lowest BCUT2D eigenvalue weighted by Crippen LogP contribution is -2.03. The molecule has 3 nitrogen and oxygen atoms in total. The molecule has 0 unspecified atom stereocenters. The van der Waals surface area contributed by atoms with Crippen LogP contribution in [0.1, 0.15) is 19.5 Å². The van der Waals surface area contributed by atoms with E-state index >= 15 is 0 Å². The minimum absolute atomic E-state index is 0.537. The molecule has 0 aliphatic heterocycles. The van der Waals surface area contributed by atoms with Crippen molar-refractivity contribution in [1.29, 1.82) is 0 Å². The molecule has 3 heteroatoms. The van der Waals surface area contributed by atoms with Crippen molar-refractivity contribution in [2.24, 2.45) is 5.92 Å². The smallest absolute Gasteiger partial charge is 0.161 e. The number of anilines is 1. The number of nitrogens with two attached hydrogens (primary N) is 1. The molecule has 2 rings (SSSR count). The minimum atomic E-state index is 0.537. The molecule has 1 heterocycles. The third-order valence-corrected chi connectivity index (χ3v) is 2.45. The second-order valence-corrected chi connectivity index (χ2v) is 4.57. The van der Waals surface area contributed by atoms with E-state index in [-0.39, 0.29) is 0 Å². The van der Waals surface area contributed by atoms with Crippen molar-refractivity contribution >= 4 is 5.82 Å². The highest BCUT2D eigenvalue weighted by Crippen LogP contribution is 2.17. The molecule has 0 aliphatic carbocycles. The van der Waals surface area contributed by atoms with E-state index in [1.54, 1.807) is 0 Å². The van der Waals surface area contributed by atoms with E-state index < -0.39 is 0 Å². The predicted octanol–water partition coefficient (Wildman–Crippen LogP) is 2.92. The van der Waals surface area contributed by atoms with Gasteiger partial charge < -0.3 is 5.73 Å². The average molecular weight is 227 g/mol. The first-order valence-corrected chi connectivity index (χ1v) is 5.84. The lowest BCUT2D eigenvalue weighted by molar-refractivity contribution is 0.635. The van der Waals surface area contributed by atoms with Crippen molar-refractivity contribution in [3.8, 4) is 11.4 Å². The van der Waals surface area contributed by atoms with Gasteiger partial charge in [0.05, 0.1) is 0 Å². The van der Waals surface area contributed by atoms with Gasteiger partial charge in [0.25, 0.3) is 0 Å². The summed E-state index contributed by atoms with van der Waals surface area (Å²) in [6.07, 6.45) is 0.923. The van der Waals surface area contributed by atoms with Gasteiger partial charge in [0.15, 0.2) is 5.82 Å². The third kappa shape index (κ3) is 3.03. The molecule has 17 heavy (non-hydrogen) atoms. The summed E-state index contributed by atoms with van der Waals surface area (Å²) in [5, 5.41) is 0. The molecule has 0 saturated heterocycles. The van der Waals surface area contributed by atoms with Gasteiger partial charge in [-0.25, -0.2) is 9.97 Å². The van der Waals surface area contributed by atoms with Gasteiger partial charge in [0, 0.05) is 17.3 Å². The van der Waals surface area contributed by atoms with Gasteiger partial charge in [-0.05, 0) is 12.3 Å². The molecule has 1 aromatic carbocycles. The topological polar surface area (TPSA) is 51.8 Å². The van der Waals surface area contributed by atoms with Crippen molar-refractivity contribution in [2.75, 3.05) is 5.73 Å². The number of rotatable bonds is 3. The zero-order valence-electron chi connectivity index (χ0n) is 10.2. The average Bonchev–Trinajstić information content (AvgIpc) is 2.28. The molecule has 1 aromatic heterocycles. The van der Waals surface area contributed by atoms with Crippen LogP contribution in [0.4, 0.5) is 5.82 Å². The number of nitrogen functional groups attached to an aromatic ring is 1. The molecular formula is C14H17N3. The van der Waals surface area contributed by atoms with Crippen molar-refractivity contribution in [3.05, 3.63) is 42.1 Å². The van der Waals surface area contributed by atoms with Crippen LogP contribution in [0.5, 0.6) is 0 Å². The van der Waals surface area contributed by atoms with Gasteiger partial charge in [-0.3, -0.25) is 0 Å². The Morgan fingerprint density at radius 1 is 1.12 bits per heavy atom. The molecule has 88 valence electrons. The van der Waals surface area contributed by atoms with Crippen LogP contribution < -0.4 is 5.73 Å². The lowest BCUT2D eigenvalue weighted by Gasteiger charge is -2.07. The first-order chi connectivity index (χ1) is 8.15. The van der Waals surface area contributed by atoms with Crippen molar-refractivity contribution in [1.82, 2.24) is 9.97 Å². The molecule has 0 atom stereocenters. The van der Waals surface area contributed by atoms with Gasteiger partial charge in [0.2, 0.25) is 0 Å². The maximum absolute atomic E-state index is 5.82. The summed E-state index contributed by atoms with van der Waals surface area (Å²) in [6, 6.07) is 11.8. The van der Waals surface area contributed by atoms with Crippen molar-refractivity contribution in [2.45, 2.75) is 20.3 Å². The Balaban J connectivity index is 2.38. The van der Waals surface area contributed by atoms with Crippen LogP contribution in [0.25, 0.3) is 11.4 Å². The van der Waals surface area contributed by atoms with Crippen LogP contribution in [0, 0.1) is 5.92 Å². The predicted molar refractivity (Wildman–Crippen MR) is 70.4 cm³/mol. The molecule has 2 N–H and O–H groups in total. The number of hydrogen-bond donors (Lipinski definition) is 1. The Morgan fingerprint density at radius 2 is 1.82 bits per heavy atom. The fourth-order valence-electron chi connectivity index (χ4n) is 1.76. The molecule has 0 saturated carbocycles. The zero-order valence-corrected chi connectivity index (χ0v) is 10.2. The van der Waals surface area contributed by atoms with Crippen LogP contribution in [-0.4, -0.2) is 9.97 Å². The summed E-state index contributed by atoms with van der Waals surface area (Å²) in [5.74, 6) is 1.81. The van der Waals surface area contributed by atoms with E-state index in [4.69, 9.17) is 5.73 Å². The Morgan fingerprint density at radius 3 is 2.47 bits per heavy atom. The number of aromatic nitrogens is 2. The van der Waals surface area contributed by atoms with Crippen LogP contribution in [-0.2, 0) is 6.42 Å². The Kier molecular flexibility index (Phi) is 3.38. The molecule has 0 aliphatic rings. The fourth-order valence-corrected chi connectivity index (χ4v) is 1.76. The lowest BCUT2D eigenvalue weighted by atomic mass is 10.1.